The number of piperidine rings is 1. The van der Waals surface area contributed by atoms with Crippen molar-refractivity contribution in [3.63, 3.8) is 0 Å². The molecule has 4 heteroatoms. The molecule has 1 N–H and O–H groups in total. The van der Waals surface area contributed by atoms with Gasteiger partial charge < -0.3 is 15.1 Å². The van der Waals surface area contributed by atoms with Crippen LogP contribution in [0.4, 0.5) is 4.79 Å². The van der Waals surface area contributed by atoms with E-state index in [0.717, 1.165) is 39.0 Å². The van der Waals surface area contributed by atoms with Crippen molar-refractivity contribution < 1.29 is 4.79 Å². The summed E-state index contributed by atoms with van der Waals surface area (Å²) in [5.74, 6) is 0. The van der Waals surface area contributed by atoms with Gasteiger partial charge in [-0.3, -0.25) is 0 Å². The third-order valence-electron chi connectivity index (χ3n) is 4.74. The highest BCUT2D eigenvalue weighted by Crippen LogP contribution is 2.39. The number of carbonyl (C=O) groups is 1. The number of rotatable bonds is 0. The third-order valence-corrected chi connectivity index (χ3v) is 4.74. The molecule has 1 aromatic carbocycles. The lowest BCUT2D eigenvalue weighted by Crippen LogP contribution is -2.53. The maximum absolute atomic E-state index is 12.1. The number of carbonyl (C=O) groups excluding carboxylic acids is 1. The molecular formula is C16H23N3O. The van der Waals surface area contributed by atoms with Gasteiger partial charge in [-0.05, 0) is 24.0 Å². The van der Waals surface area contributed by atoms with Gasteiger partial charge in [0.05, 0.1) is 0 Å². The van der Waals surface area contributed by atoms with E-state index in [9.17, 15) is 4.79 Å². The molecule has 1 fully saturated rings. The molecule has 2 aliphatic heterocycles. The second-order valence-electron chi connectivity index (χ2n) is 6.21. The van der Waals surface area contributed by atoms with Gasteiger partial charge in [0.1, 0.15) is 0 Å². The number of hydrogen-bond acceptors (Lipinski definition) is 2. The van der Waals surface area contributed by atoms with Crippen molar-refractivity contribution >= 4 is 6.03 Å². The van der Waals surface area contributed by atoms with Crippen LogP contribution < -0.4 is 5.32 Å². The fourth-order valence-corrected chi connectivity index (χ4v) is 3.58. The van der Waals surface area contributed by atoms with Gasteiger partial charge in [0.25, 0.3) is 0 Å². The number of nitrogens with zero attached hydrogens (tertiary/aromatic N) is 2. The molecule has 0 unspecified atom stereocenters. The monoisotopic (exact) mass is 273 g/mol. The van der Waals surface area contributed by atoms with Crippen LogP contribution in [0.2, 0.25) is 0 Å². The second-order valence-corrected chi connectivity index (χ2v) is 6.21. The van der Waals surface area contributed by atoms with Crippen molar-refractivity contribution in [1.29, 1.82) is 0 Å². The molecule has 1 spiro atoms. The zero-order valence-corrected chi connectivity index (χ0v) is 12.4. The van der Waals surface area contributed by atoms with E-state index in [1.165, 1.54) is 11.1 Å². The Labute approximate surface area is 120 Å². The number of benzene rings is 1. The van der Waals surface area contributed by atoms with Crippen molar-refractivity contribution in [3.05, 3.63) is 35.4 Å². The standard InChI is InChI=1S/C16H23N3O/c1-18(2)15(20)19-9-7-16(8-10-19)12-17-11-13-5-3-4-6-14(13)16/h3-6,17H,7-12H2,1-2H3. The lowest BCUT2D eigenvalue weighted by molar-refractivity contribution is 0.133. The van der Waals surface area contributed by atoms with E-state index >= 15 is 0 Å². The number of fused-ring (bicyclic) bond motifs is 2. The van der Waals surface area contributed by atoms with Gasteiger partial charge in [-0.15, -0.1) is 0 Å². The van der Waals surface area contributed by atoms with Crippen LogP contribution >= 0.6 is 0 Å². The predicted octanol–water partition coefficient (Wildman–Crippen LogP) is 1.80. The highest BCUT2D eigenvalue weighted by molar-refractivity contribution is 5.74. The van der Waals surface area contributed by atoms with Crippen LogP contribution in [0, 0.1) is 0 Å². The van der Waals surface area contributed by atoms with Gasteiger partial charge in [-0.25, -0.2) is 4.79 Å². The first kappa shape index (κ1) is 13.4. The van der Waals surface area contributed by atoms with Gasteiger partial charge in [-0.2, -0.15) is 0 Å². The van der Waals surface area contributed by atoms with E-state index in [-0.39, 0.29) is 11.4 Å². The zero-order chi connectivity index (χ0) is 14.2. The summed E-state index contributed by atoms with van der Waals surface area (Å²) in [6, 6.07) is 8.89. The fourth-order valence-electron chi connectivity index (χ4n) is 3.58. The van der Waals surface area contributed by atoms with E-state index in [1.54, 1.807) is 4.90 Å². The van der Waals surface area contributed by atoms with Crippen LogP contribution in [-0.4, -0.2) is 49.6 Å². The van der Waals surface area contributed by atoms with E-state index < -0.39 is 0 Å². The summed E-state index contributed by atoms with van der Waals surface area (Å²) < 4.78 is 0. The molecule has 2 heterocycles. The molecule has 0 aliphatic carbocycles. The SMILES string of the molecule is CN(C)C(=O)N1CCC2(CC1)CNCc1ccccc12. The Morgan fingerprint density at radius 3 is 2.65 bits per heavy atom. The number of urea groups is 1. The summed E-state index contributed by atoms with van der Waals surface area (Å²) in [6.45, 7) is 3.71. The number of nitrogens with one attached hydrogen (secondary N) is 1. The lowest BCUT2D eigenvalue weighted by atomic mass is 9.69. The predicted molar refractivity (Wildman–Crippen MR) is 79.7 cm³/mol. The molecule has 0 saturated carbocycles. The van der Waals surface area contributed by atoms with E-state index in [1.807, 2.05) is 19.0 Å². The van der Waals surface area contributed by atoms with Crippen LogP contribution in [0.3, 0.4) is 0 Å². The second kappa shape index (κ2) is 5.09. The Hall–Kier alpha value is -1.55. The van der Waals surface area contributed by atoms with E-state index in [0.29, 0.717) is 0 Å². The van der Waals surface area contributed by atoms with Crippen LogP contribution in [0.15, 0.2) is 24.3 Å². The summed E-state index contributed by atoms with van der Waals surface area (Å²) in [5.41, 5.74) is 3.14. The Morgan fingerprint density at radius 2 is 1.95 bits per heavy atom. The summed E-state index contributed by atoms with van der Waals surface area (Å²) >= 11 is 0. The molecule has 20 heavy (non-hydrogen) atoms. The van der Waals surface area contributed by atoms with E-state index in [2.05, 4.69) is 29.6 Å². The Balaban J connectivity index is 1.79. The molecule has 2 aliphatic rings. The summed E-state index contributed by atoms with van der Waals surface area (Å²) in [4.78, 5) is 15.7. The molecule has 0 bridgehead atoms. The highest BCUT2D eigenvalue weighted by atomic mass is 16.2. The first-order valence-electron chi connectivity index (χ1n) is 7.38. The summed E-state index contributed by atoms with van der Waals surface area (Å²) in [7, 11) is 3.65. The molecule has 2 amide bonds. The molecule has 4 nitrogen and oxygen atoms in total. The van der Waals surface area contributed by atoms with Gasteiger partial charge in [-0.1, -0.05) is 24.3 Å². The lowest BCUT2D eigenvalue weighted by Gasteiger charge is -2.46. The van der Waals surface area contributed by atoms with Crippen molar-refractivity contribution in [2.45, 2.75) is 24.8 Å². The molecule has 0 aromatic heterocycles. The maximum atomic E-state index is 12.1. The zero-order valence-electron chi connectivity index (χ0n) is 12.4. The minimum atomic E-state index is 0.136. The van der Waals surface area contributed by atoms with Crippen molar-refractivity contribution in [1.82, 2.24) is 15.1 Å². The first-order valence-corrected chi connectivity index (χ1v) is 7.38. The molecule has 0 atom stereocenters. The summed E-state index contributed by atoms with van der Waals surface area (Å²) in [5, 5.41) is 3.55. The topological polar surface area (TPSA) is 35.6 Å². The number of hydrogen-bond donors (Lipinski definition) is 1. The smallest absolute Gasteiger partial charge is 0.319 e. The van der Waals surface area contributed by atoms with Crippen LogP contribution in [0.5, 0.6) is 0 Å². The number of amides is 2. The summed E-state index contributed by atoms with van der Waals surface area (Å²) in [6.07, 6.45) is 2.10. The van der Waals surface area contributed by atoms with Gasteiger partial charge in [0, 0.05) is 45.7 Å². The Bertz CT molecular complexity index is 504. The molecule has 108 valence electrons. The first-order chi connectivity index (χ1) is 9.62. The van der Waals surface area contributed by atoms with Crippen LogP contribution in [0.1, 0.15) is 24.0 Å². The minimum absolute atomic E-state index is 0.136. The normalized spacial score (nSPS) is 20.6. The van der Waals surface area contributed by atoms with Crippen molar-refractivity contribution in [3.8, 4) is 0 Å². The van der Waals surface area contributed by atoms with Gasteiger partial charge in [0.15, 0.2) is 0 Å². The molecule has 3 rings (SSSR count). The van der Waals surface area contributed by atoms with Crippen molar-refractivity contribution in [2.24, 2.45) is 0 Å². The maximum Gasteiger partial charge on any atom is 0.319 e. The minimum Gasteiger partial charge on any atom is -0.331 e. The van der Waals surface area contributed by atoms with Gasteiger partial charge >= 0.3 is 6.03 Å². The van der Waals surface area contributed by atoms with Gasteiger partial charge in [0.2, 0.25) is 0 Å². The van der Waals surface area contributed by atoms with Crippen LogP contribution in [0.25, 0.3) is 0 Å². The molecular weight excluding hydrogens is 250 g/mol. The largest absolute Gasteiger partial charge is 0.331 e. The molecule has 0 radical (unpaired) electrons. The fraction of sp³-hybridized carbons (Fsp3) is 0.562. The quantitative estimate of drug-likeness (QED) is 0.782. The molecule has 1 saturated heterocycles. The highest BCUT2D eigenvalue weighted by Gasteiger charge is 2.40. The van der Waals surface area contributed by atoms with Crippen molar-refractivity contribution in [2.75, 3.05) is 33.7 Å². The Kier molecular flexibility index (Phi) is 3.42. The third kappa shape index (κ3) is 2.18. The average Bonchev–Trinajstić information content (AvgIpc) is 2.48. The number of likely N-dealkylation sites (tertiary alicyclic amines) is 1. The van der Waals surface area contributed by atoms with Crippen LogP contribution in [-0.2, 0) is 12.0 Å². The van der Waals surface area contributed by atoms with E-state index in [4.69, 9.17) is 0 Å². The Morgan fingerprint density at radius 1 is 1.25 bits per heavy atom. The average molecular weight is 273 g/mol. The molecule has 1 aromatic rings.